The van der Waals surface area contributed by atoms with Gasteiger partial charge in [-0.25, -0.2) is 0 Å². The molecule has 0 aliphatic heterocycles. The van der Waals surface area contributed by atoms with E-state index in [0.717, 1.165) is 5.56 Å². The van der Waals surface area contributed by atoms with E-state index in [9.17, 15) is 14.4 Å². The molecule has 148 valence electrons. The molecule has 2 atom stereocenters. The number of rotatable bonds is 8. The lowest BCUT2D eigenvalue weighted by atomic mass is 10.0. The molecule has 0 aliphatic rings. The fourth-order valence-corrected chi connectivity index (χ4v) is 2.68. The van der Waals surface area contributed by atoms with Crippen LogP contribution < -0.4 is 20.9 Å². The average Bonchev–Trinajstić information content (AvgIpc) is 2.66. The Morgan fingerprint density at radius 1 is 1.00 bits per heavy atom. The van der Waals surface area contributed by atoms with E-state index in [-0.39, 0.29) is 11.8 Å². The van der Waals surface area contributed by atoms with Gasteiger partial charge in [0, 0.05) is 11.6 Å². The lowest BCUT2D eigenvalue weighted by molar-refractivity contribution is -0.688. The summed E-state index contributed by atoms with van der Waals surface area (Å²) in [5.74, 6) is -1.60. The Balaban J connectivity index is 2.10. The van der Waals surface area contributed by atoms with Gasteiger partial charge in [-0.15, -0.1) is 0 Å². The van der Waals surface area contributed by atoms with E-state index in [4.69, 9.17) is 5.73 Å². The van der Waals surface area contributed by atoms with Crippen LogP contribution in [0.1, 0.15) is 36.7 Å². The van der Waals surface area contributed by atoms with Crippen LogP contribution in [0, 0.1) is 5.92 Å². The molecule has 2 aromatic rings. The van der Waals surface area contributed by atoms with Crippen LogP contribution >= 0.6 is 0 Å². The highest BCUT2D eigenvalue weighted by molar-refractivity contribution is 5.98. The first-order valence-corrected chi connectivity index (χ1v) is 9.21. The molecular weight excluding hydrogens is 356 g/mol. The summed E-state index contributed by atoms with van der Waals surface area (Å²) in [5.41, 5.74) is 6.75. The molecule has 1 aromatic heterocycles. The second kappa shape index (κ2) is 9.64. The van der Waals surface area contributed by atoms with Gasteiger partial charge >= 0.3 is 0 Å². The zero-order chi connectivity index (χ0) is 20.7. The number of carbonyl (C=O) groups is 3. The second-order valence-corrected chi connectivity index (χ2v) is 7.08. The molecule has 0 saturated carbocycles. The fourth-order valence-electron chi connectivity index (χ4n) is 2.68. The molecule has 1 aromatic carbocycles. The number of primary amides is 1. The van der Waals surface area contributed by atoms with Gasteiger partial charge in [0.05, 0.1) is 0 Å². The first-order chi connectivity index (χ1) is 13.3. The molecule has 7 heteroatoms. The van der Waals surface area contributed by atoms with Crippen molar-refractivity contribution in [3.63, 3.8) is 0 Å². The third-order valence-electron chi connectivity index (χ3n) is 4.35. The summed E-state index contributed by atoms with van der Waals surface area (Å²) in [6.07, 6.45) is 3.62. The summed E-state index contributed by atoms with van der Waals surface area (Å²) in [5, 5.41) is 5.28. The number of nitrogens with one attached hydrogen (secondary N) is 2. The molecule has 0 fully saturated rings. The number of hydrogen-bond donors (Lipinski definition) is 3. The van der Waals surface area contributed by atoms with Crippen molar-refractivity contribution in [1.29, 1.82) is 0 Å². The van der Waals surface area contributed by atoms with E-state index in [2.05, 4.69) is 10.6 Å². The normalized spacial score (nSPS) is 12.9. The molecule has 0 bridgehead atoms. The number of nitrogens with two attached hydrogens (primary N) is 1. The Morgan fingerprint density at radius 3 is 2.29 bits per heavy atom. The van der Waals surface area contributed by atoms with Crippen molar-refractivity contribution in [3.05, 3.63) is 66.0 Å². The van der Waals surface area contributed by atoms with E-state index in [1.54, 1.807) is 18.3 Å². The molecular formula is C21H27N4O3+. The number of hydrogen-bond acceptors (Lipinski definition) is 3. The Bertz CT molecular complexity index is 837. The minimum Gasteiger partial charge on any atom is -0.368 e. The lowest BCUT2D eigenvalue weighted by Crippen LogP contribution is -2.54. The number of amides is 3. The number of nitrogens with zero attached hydrogens (tertiary/aromatic N) is 1. The number of carbonyl (C=O) groups excluding carboxylic acids is 3. The summed E-state index contributed by atoms with van der Waals surface area (Å²) in [4.78, 5) is 36.3. The minimum absolute atomic E-state index is 0.163. The smallest absolute Gasteiger partial charge is 0.258 e. The summed E-state index contributed by atoms with van der Waals surface area (Å²) < 4.78 is 1.91. The average molecular weight is 383 g/mol. The summed E-state index contributed by atoms with van der Waals surface area (Å²) in [6.45, 7) is 5.77. The molecule has 2 rings (SSSR count). The Labute approximate surface area is 164 Å². The van der Waals surface area contributed by atoms with Crippen molar-refractivity contribution in [3.8, 4) is 0 Å². The number of aromatic nitrogens is 1. The highest BCUT2D eigenvalue weighted by Crippen LogP contribution is 2.05. The molecule has 0 spiro atoms. The summed E-state index contributed by atoms with van der Waals surface area (Å²) in [7, 11) is 0. The van der Waals surface area contributed by atoms with Crippen LogP contribution in [-0.2, 0) is 16.1 Å². The van der Waals surface area contributed by atoms with E-state index in [1.165, 1.54) is 6.92 Å². The van der Waals surface area contributed by atoms with Crippen LogP contribution in [0.4, 0.5) is 0 Å². The Morgan fingerprint density at radius 2 is 1.68 bits per heavy atom. The van der Waals surface area contributed by atoms with Crippen LogP contribution in [-0.4, -0.2) is 29.8 Å². The summed E-state index contributed by atoms with van der Waals surface area (Å²) >= 11 is 0. The Kier molecular flexibility index (Phi) is 7.26. The molecule has 2 unspecified atom stereocenters. The molecule has 1 heterocycles. The maximum atomic E-state index is 12.7. The molecule has 0 saturated heterocycles. The first kappa shape index (κ1) is 21.1. The molecule has 28 heavy (non-hydrogen) atoms. The van der Waals surface area contributed by atoms with E-state index in [0.29, 0.717) is 12.1 Å². The van der Waals surface area contributed by atoms with Crippen LogP contribution in [0.5, 0.6) is 0 Å². The van der Waals surface area contributed by atoms with Gasteiger partial charge in [0.25, 0.3) is 5.91 Å². The van der Waals surface area contributed by atoms with Crippen molar-refractivity contribution in [2.45, 2.75) is 39.4 Å². The highest BCUT2D eigenvalue weighted by atomic mass is 16.2. The molecule has 0 radical (unpaired) electrons. The van der Waals surface area contributed by atoms with Gasteiger partial charge in [-0.05, 0) is 18.9 Å². The van der Waals surface area contributed by atoms with Gasteiger partial charge in [0.15, 0.2) is 18.9 Å². The van der Waals surface area contributed by atoms with Gasteiger partial charge in [-0.3, -0.25) is 14.4 Å². The number of benzene rings is 1. The number of pyridine rings is 1. The molecule has 0 aliphatic carbocycles. The minimum atomic E-state index is -0.810. The van der Waals surface area contributed by atoms with E-state index < -0.39 is 23.9 Å². The maximum Gasteiger partial charge on any atom is 0.258 e. The van der Waals surface area contributed by atoms with E-state index in [1.807, 2.05) is 54.9 Å². The van der Waals surface area contributed by atoms with Gasteiger partial charge in [0.2, 0.25) is 11.8 Å². The van der Waals surface area contributed by atoms with Crippen LogP contribution in [0.2, 0.25) is 0 Å². The van der Waals surface area contributed by atoms with Gasteiger partial charge in [0.1, 0.15) is 17.6 Å². The topological polar surface area (TPSA) is 105 Å². The molecule has 7 nitrogen and oxygen atoms in total. The first-order valence-electron chi connectivity index (χ1n) is 9.21. The highest BCUT2D eigenvalue weighted by Gasteiger charge is 2.27. The van der Waals surface area contributed by atoms with Crippen LogP contribution in [0.3, 0.4) is 0 Å². The van der Waals surface area contributed by atoms with Crippen LogP contribution in [0.25, 0.3) is 0 Å². The third kappa shape index (κ3) is 5.90. The zero-order valence-electron chi connectivity index (χ0n) is 16.4. The van der Waals surface area contributed by atoms with Crippen molar-refractivity contribution < 1.29 is 19.0 Å². The van der Waals surface area contributed by atoms with Gasteiger partial charge in [-0.1, -0.05) is 44.2 Å². The molecule has 3 amide bonds. The Hall–Kier alpha value is -3.22. The predicted molar refractivity (Wildman–Crippen MR) is 105 cm³/mol. The maximum absolute atomic E-state index is 12.7. The standard InChI is InChI=1S/C21H26N4O3/c1-14(2)18(21(28)23-15(3)19(22)26)24-20(27)17-10-7-11-25(13-17)12-16-8-5-4-6-9-16/h4-11,13-15,18H,12H2,1-3H3,(H3-,22,23,24,26,27,28)/p+1. The SMILES string of the molecule is CC(NC(=O)C(NC(=O)c1ccc[n+](Cc2ccccc2)c1)C(C)C)C(N)=O. The van der Waals surface area contributed by atoms with Crippen LogP contribution in [0.15, 0.2) is 54.9 Å². The second-order valence-electron chi connectivity index (χ2n) is 7.08. The summed E-state index contributed by atoms with van der Waals surface area (Å²) in [6, 6.07) is 11.8. The predicted octanol–water partition coefficient (Wildman–Crippen LogP) is 0.767. The van der Waals surface area contributed by atoms with Crippen molar-refractivity contribution in [2.24, 2.45) is 11.7 Å². The quantitative estimate of drug-likeness (QED) is 0.586. The van der Waals surface area contributed by atoms with Crippen molar-refractivity contribution in [1.82, 2.24) is 10.6 Å². The monoisotopic (exact) mass is 383 g/mol. The zero-order valence-corrected chi connectivity index (χ0v) is 16.4. The van der Waals surface area contributed by atoms with Crippen molar-refractivity contribution >= 4 is 17.7 Å². The fraction of sp³-hybridized carbons (Fsp3) is 0.333. The van der Waals surface area contributed by atoms with Gasteiger partial charge < -0.3 is 16.4 Å². The van der Waals surface area contributed by atoms with Crippen molar-refractivity contribution in [2.75, 3.05) is 0 Å². The van der Waals surface area contributed by atoms with Gasteiger partial charge in [-0.2, -0.15) is 4.57 Å². The molecule has 4 N–H and O–H groups in total. The van der Waals surface area contributed by atoms with E-state index >= 15 is 0 Å². The largest absolute Gasteiger partial charge is 0.368 e. The lowest BCUT2D eigenvalue weighted by Gasteiger charge is -2.23. The third-order valence-corrected chi connectivity index (χ3v) is 4.35.